The monoisotopic (exact) mass is 407 g/mol. The first-order valence-electron chi connectivity index (χ1n) is 8.46. The van der Waals surface area contributed by atoms with Gasteiger partial charge in [0.1, 0.15) is 18.1 Å². The average molecular weight is 408 g/mol. The van der Waals surface area contributed by atoms with Gasteiger partial charge in [-0.3, -0.25) is 9.48 Å². The number of carbonyl (C=O) groups excluding carboxylic acids is 1. The zero-order valence-electron chi connectivity index (χ0n) is 14.7. The van der Waals surface area contributed by atoms with E-state index in [1.54, 1.807) is 47.3 Å². The molecule has 0 fully saturated rings. The lowest BCUT2D eigenvalue weighted by Gasteiger charge is -2.05. The topological polar surface area (TPSA) is 69.3 Å². The van der Waals surface area contributed by atoms with E-state index in [1.165, 1.54) is 0 Å². The van der Waals surface area contributed by atoms with E-state index in [9.17, 15) is 4.79 Å². The molecule has 0 aliphatic rings. The molecule has 27 heavy (non-hydrogen) atoms. The molecule has 3 aromatic rings. The van der Waals surface area contributed by atoms with Crippen LogP contribution in [-0.4, -0.2) is 22.2 Å². The number of halogens is 2. The summed E-state index contributed by atoms with van der Waals surface area (Å²) in [4.78, 5) is 12.1. The molecular weight excluding hydrogens is 389 g/mol. The van der Waals surface area contributed by atoms with Crippen LogP contribution in [0.2, 0.25) is 10.0 Å². The SMILES string of the molecule is Cc1nn(CCCNC(=O)c2ccc(COc3cccc(Cl)c3)o2)cc1Cl. The summed E-state index contributed by atoms with van der Waals surface area (Å²) in [5.74, 6) is 1.18. The maximum atomic E-state index is 12.1. The highest BCUT2D eigenvalue weighted by Crippen LogP contribution is 2.19. The lowest BCUT2D eigenvalue weighted by molar-refractivity contribution is 0.0921. The van der Waals surface area contributed by atoms with Crippen LogP contribution in [0, 0.1) is 6.92 Å². The molecule has 0 saturated heterocycles. The quantitative estimate of drug-likeness (QED) is 0.558. The molecule has 0 aliphatic heterocycles. The van der Waals surface area contributed by atoms with E-state index >= 15 is 0 Å². The summed E-state index contributed by atoms with van der Waals surface area (Å²) in [6.07, 6.45) is 2.51. The third-order valence-electron chi connectivity index (χ3n) is 3.80. The van der Waals surface area contributed by atoms with Crippen LogP contribution in [0.3, 0.4) is 0 Å². The maximum Gasteiger partial charge on any atom is 0.286 e. The van der Waals surface area contributed by atoms with Gasteiger partial charge in [-0.15, -0.1) is 0 Å². The lowest BCUT2D eigenvalue weighted by Crippen LogP contribution is -2.24. The number of aromatic nitrogens is 2. The Kier molecular flexibility index (Phi) is 6.42. The van der Waals surface area contributed by atoms with Crippen molar-refractivity contribution in [2.24, 2.45) is 0 Å². The Morgan fingerprint density at radius 2 is 2.15 bits per heavy atom. The minimum atomic E-state index is -0.265. The summed E-state index contributed by atoms with van der Waals surface area (Å²) in [5.41, 5.74) is 0.795. The number of amides is 1. The summed E-state index contributed by atoms with van der Waals surface area (Å²) < 4.78 is 12.9. The summed E-state index contributed by atoms with van der Waals surface area (Å²) in [7, 11) is 0. The smallest absolute Gasteiger partial charge is 0.286 e. The van der Waals surface area contributed by atoms with E-state index < -0.39 is 0 Å². The number of ether oxygens (including phenoxy) is 1. The average Bonchev–Trinajstić information content (AvgIpc) is 3.24. The Labute approximate surface area is 167 Å². The summed E-state index contributed by atoms with van der Waals surface area (Å²) in [5, 5.41) is 8.33. The third-order valence-corrected chi connectivity index (χ3v) is 4.40. The van der Waals surface area contributed by atoms with Crippen molar-refractivity contribution in [3.8, 4) is 5.75 Å². The van der Waals surface area contributed by atoms with Crippen molar-refractivity contribution < 1.29 is 13.9 Å². The lowest BCUT2D eigenvalue weighted by atomic mass is 10.3. The van der Waals surface area contributed by atoms with Crippen molar-refractivity contribution in [1.82, 2.24) is 15.1 Å². The number of hydrogen-bond donors (Lipinski definition) is 1. The zero-order chi connectivity index (χ0) is 19.2. The second-order valence-electron chi connectivity index (χ2n) is 5.95. The highest BCUT2D eigenvalue weighted by Gasteiger charge is 2.11. The Balaban J connectivity index is 1.42. The Morgan fingerprint density at radius 1 is 1.30 bits per heavy atom. The molecule has 8 heteroatoms. The first-order chi connectivity index (χ1) is 13.0. The number of benzene rings is 1. The number of aryl methyl sites for hydroxylation is 2. The molecule has 1 amide bonds. The predicted molar refractivity (Wildman–Crippen MR) is 103 cm³/mol. The molecule has 3 rings (SSSR count). The fraction of sp³-hybridized carbons (Fsp3) is 0.263. The van der Waals surface area contributed by atoms with Crippen LogP contribution in [0.25, 0.3) is 0 Å². The van der Waals surface area contributed by atoms with Gasteiger partial charge in [-0.25, -0.2) is 0 Å². The van der Waals surface area contributed by atoms with E-state index in [0.717, 1.165) is 12.1 Å². The molecule has 6 nitrogen and oxygen atoms in total. The van der Waals surface area contributed by atoms with Crippen molar-refractivity contribution in [2.75, 3.05) is 6.54 Å². The number of rotatable bonds is 8. The van der Waals surface area contributed by atoms with Gasteiger partial charge in [0.25, 0.3) is 5.91 Å². The Bertz CT molecular complexity index is 901. The van der Waals surface area contributed by atoms with Crippen molar-refractivity contribution in [2.45, 2.75) is 26.5 Å². The molecule has 1 aromatic carbocycles. The number of nitrogens with zero attached hydrogens (tertiary/aromatic N) is 2. The molecule has 0 atom stereocenters. The highest BCUT2D eigenvalue weighted by molar-refractivity contribution is 6.31. The minimum absolute atomic E-state index is 0.215. The van der Waals surface area contributed by atoms with E-state index in [2.05, 4.69) is 10.4 Å². The van der Waals surface area contributed by atoms with Crippen molar-refractivity contribution in [3.05, 3.63) is 69.9 Å². The molecular formula is C19H19Cl2N3O3. The van der Waals surface area contributed by atoms with Crippen molar-refractivity contribution in [3.63, 3.8) is 0 Å². The molecule has 0 saturated carbocycles. The Hall–Kier alpha value is -2.44. The number of furan rings is 1. The van der Waals surface area contributed by atoms with Gasteiger partial charge in [-0.05, 0) is 43.7 Å². The van der Waals surface area contributed by atoms with E-state index in [1.807, 2.05) is 6.92 Å². The van der Waals surface area contributed by atoms with Gasteiger partial charge >= 0.3 is 0 Å². The fourth-order valence-corrected chi connectivity index (χ4v) is 2.76. The number of nitrogens with one attached hydrogen (secondary N) is 1. The highest BCUT2D eigenvalue weighted by atomic mass is 35.5. The molecule has 1 N–H and O–H groups in total. The van der Waals surface area contributed by atoms with Gasteiger partial charge < -0.3 is 14.5 Å². The molecule has 0 radical (unpaired) electrons. The predicted octanol–water partition coefficient (Wildman–Crippen LogP) is 4.49. The second-order valence-corrected chi connectivity index (χ2v) is 6.79. The second kappa shape index (κ2) is 8.97. The molecule has 0 unspecified atom stereocenters. The molecule has 2 heterocycles. The minimum Gasteiger partial charge on any atom is -0.486 e. The third kappa shape index (κ3) is 5.52. The Morgan fingerprint density at radius 3 is 2.89 bits per heavy atom. The first-order valence-corrected chi connectivity index (χ1v) is 9.21. The van der Waals surface area contributed by atoms with Gasteiger partial charge in [-0.2, -0.15) is 5.10 Å². The van der Waals surface area contributed by atoms with Crippen LogP contribution in [0.4, 0.5) is 0 Å². The van der Waals surface area contributed by atoms with E-state index in [4.69, 9.17) is 32.4 Å². The number of carbonyl (C=O) groups is 1. The normalized spacial score (nSPS) is 10.8. The first kappa shape index (κ1) is 19.3. The fourth-order valence-electron chi connectivity index (χ4n) is 2.43. The van der Waals surface area contributed by atoms with Crippen LogP contribution >= 0.6 is 23.2 Å². The van der Waals surface area contributed by atoms with Crippen LogP contribution in [0.15, 0.2) is 47.0 Å². The summed E-state index contributed by atoms with van der Waals surface area (Å²) in [6.45, 7) is 3.24. The molecule has 142 valence electrons. The summed E-state index contributed by atoms with van der Waals surface area (Å²) in [6, 6.07) is 10.4. The van der Waals surface area contributed by atoms with Crippen molar-refractivity contribution >= 4 is 29.1 Å². The van der Waals surface area contributed by atoms with Crippen LogP contribution in [0.5, 0.6) is 5.75 Å². The number of hydrogen-bond acceptors (Lipinski definition) is 4. The van der Waals surface area contributed by atoms with Gasteiger partial charge in [0.15, 0.2) is 5.76 Å². The van der Waals surface area contributed by atoms with Crippen LogP contribution < -0.4 is 10.1 Å². The summed E-state index contributed by atoms with van der Waals surface area (Å²) >= 11 is 11.9. The van der Waals surface area contributed by atoms with Gasteiger partial charge in [0, 0.05) is 24.3 Å². The van der Waals surface area contributed by atoms with Crippen molar-refractivity contribution in [1.29, 1.82) is 0 Å². The zero-order valence-corrected chi connectivity index (χ0v) is 16.3. The largest absolute Gasteiger partial charge is 0.486 e. The molecule has 0 spiro atoms. The standard InChI is InChI=1S/C19H19Cl2N3O3/c1-13-17(21)11-24(23-13)9-3-8-22-19(25)18-7-6-16(27-18)12-26-15-5-2-4-14(20)10-15/h2,4-7,10-11H,3,8-9,12H2,1H3,(H,22,25). The van der Waals surface area contributed by atoms with Gasteiger partial charge in [-0.1, -0.05) is 29.3 Å². The maximum absolute atomic E-state index is 12.1. The van der Waals surface area contributed by atoms with Crippen LogP contribution in [-0.2, 0) is 13.2 Å². The van der Waals surface area contributed by atoms with E-state index in [-0.39, 0.29) is 18.3 Å². The van der Waals surface area contributed by atoms with Crippen LogP contribution in [0.1, 0.15) is 28.4 Å². The van der Waals surface area contributed by atoms with Gasteiger partial charge in [0.05, 0.1) is 10.7 Å². The van der Waals surface area contributed by atoms with E-state index in [0.29, 0.717) is 34.6 Å². The molecule has 0 bridgehead atoms. The van der Waals surface area contributed by atoms with Gasteiger partial charge in [0.2, 0.25) is 0 Å². The molecule has 2 aromatic heterocycles. The molecule has 0 aliphatic carbocycles.